The van der Waals surface area contributed by atoms with Crippen molar-refractivity contribution in [2.75, 3.05) is 12.4 Å². The molecule has 1 heterocycles. The normalized spacial score (nSPS) is 11.8. The molecule has 0 unspecified atom stereocenters. The maximum atomic E-state index is 4.40. The molecule has 0 fully saturated rings. The molecule has 0 saturated heterocycles. The number of anilines is 1. The fourth-order valence-electron chi connectivity index (χ4n) is 1.81. The SMILES string of the molecule is CNc1ccc2c(C(C)(C)C)ncnc2c1. The van der Waals surface area contributed by atoms with Crippen LogP contribution in [0.5, 0.6) is 0 Å². The van der Waals surface area contributed by atoms with Crippen LogP contribution in [0, 0.1) is 0 Å². The maximum absolute atomic E-state index is 4.40. The molecule has 0 amide bonds. The third kappa shape index (κ3) is 1.85. The molecule has 2 aromatic rings. The molecule has 0 bridgehead atoms. The summed E-state index contributed by atoms with van der Waals surface area (Å²) in [4.78, 5) is 8.71. The van der Waals surface area contributed by atoms with Gasteiger partial charge in [0.25, 0.3) is 0 Å². The van der Waals surface area contributed by atoms with E-state index in [0.29, 0.717) is 0 Å². The summed E-state index contributed by atoms with van der Waals surface area (Å²) in [5.41, 5.74) is 3.21. The van der Waals surface area contributed by atoms with Crippen LogP contribution in [-0.4, -0.2) is 17.0 Å². The van der Waals surface area contributed by atoms with Crippen molar-refractivity contribution < 1.29 is 0 Å². The Morgan fingerprint density at radius 2 is 1.88 bits per heavy atom. The molecule has 16 heavy (non-hydrogen) atoms. The number of benzene rings is 1. The number of nitrogens with one attached hydrogen (secondary N) is 1. The Bertz CT molecular complexity index is 512. The van der Waals surface area contributed by atoms with Crippen molar-refractivity contribution in [3.05, 3.63) is 30.2 Å². The van der Waals surface area contributed by atoms with E-state index in [9.17, 15) is 0 Å². The van der Waals surface area contributed by atoms with Crippen molar-refractivity contribution in [2.24, 2.45) is 0 Å². The first kappa shape index (κ1) is 10.9. The smallest absolute Gasteiger partial charge is 0.116 e. The number of fused-ring (bicyclic) bond motifs is 1. The monoisotopic (exact) mass is 215 g/mol. The Hall–Kier alpha value is -1.64. The first-order valence-electron chi connectivity index (χ1n) is 5.45. The lowest BCUT2D eigenvalue weighted by molar-refractivity contribution is 0.574. The zero-order valence-corrected chi connectivity index (χ0v) is 10.2. The van der Waals surface area contributed by atoms with Gasteiger partial charge in [0, 0.05) is 23.5 Å². The summed E-state index contributed by atoms with van der Waals surface area (Å²) < 4.78 is 0. The van der Waals surface area contributed by atoms with Gasteiger partial charge in [0.1, 0.15) is 6.33 Å². The number of nitrogens with zero attached hydrogens (tertiary/aromatic N) is 2. The van der Waals surface area contributed by atoms with Crippen LogP contribution in [0.4, 0.5) is 5.69 Å². The minimum atomic E-state index is 0.0440. The lowest BCUT2D eigenvalue weighted by Gasteiger charge is -2.19. The predicted molar refractivity (Wildman–Crippen MR) is 67.8 cm³/mol. The zero-order chi connectivity index (χ0) is 11.8. The zero-order valence-electron chi connectivity index (χ0n) is 10.2. The van der Waals surface area contributed by atoms with Gasteiger partial charge in [0.15, 0.2) is 0 Å². The molecule has 1 aromatic carbocycles. The Balaban J connectivity index is 2.70. The molecule has 0 aliphatic carbocycles. The molecule has 3 heteroatoms. The molecule has 0 atom stereocenters. The summed E-state index contributed by atoms with van der Waals surface area (Å²) in [6.45, 7) is 6.50. The first-order chi connectivity index (χ1) is 7.52. The van der Waals surface area contributed by atoms with E-state index in [4.69, 9.17) is 0 Å². The van der Waals surface area contributed by atoms with Crippen molar-refractivity contribution in [3.63, 3.8) is 0 Å². The van der Waals surface area contributed by atoms with Gasteiger partial charge >= 0.3 is 0 Å². The minimum absolute atomic E-state index is 0.0440. The molecule has 0 spiro atoms. The summed E-state index contributed by atoms with van der Waals surface area (Å²) in [6.07, 6.45) is 1.64. The minimum Gasteiger partial charge on any atom is -0.388 e. The van der Waals surface area contributed by atoms with Gasteiger partial charge in [-0.1, -0.05) is 20.8 Å². The van der Waals surface area contributed by atoms with Crippen LogP contribution in [0.1, 0.15) is 26.5 Å². The Kier molecular flexibility index (Phi) is 2.54. The van der Waals surface area contributed by atoms with Crippen molar-refractivity contribution in [1.29, 1.82) is 0 Å². The first-order valence-corrected chi connectivity index (χ1v) is 5.45. The van der Waals surface area contributed by atoms with Gasteiger partial charge in [-0.05, 0) is 18.2 Å². The summed E-state index contributed by atoms with van der Waals surface area (Å²) in [7, 11) is 1.91. The third-order valence-corrected chi connectivity index (χ3v) is 2.64. The molecular formula is C13H17N3. The van der Waals surface area contributed by atoms with Crippen LogP contribution < -0.4 is 5.32 Å². The number of hydrogen-bond donors (Lipinski definition) is 1. The van der Waals surface area contributed by atoms with Gasteiger partial charge in [0.2, 0.25) is 0 Å². The van der Waals surface area contributed by atoms with Gasteiger partial charge < -0.3 is 5.32 Å². The molecule has 1 N–H and O–H groups in total. The van der Waals surface area contributed by atoms with Gasteiger partial charge in [-0.15, -0.1) is 0 Å². The summed E-state index contributed by atoms with van der Waals surface area (Å²) in [5.74, 6) is 0. The molecule has 3 nitrogen and oxygen atoms in total. The Morgan fingerprint density at radius 1 is 1.12 bits per heavy atom. The average Bonchev–Trinajstić information content (AvgIpc) is 2.26. The van der Waals surface area contributed by atoms with Crippen molar-refractivity contribution in [3.8, 4) is 0 Å². The van der Waals surface area contributed by atoms with E-state index < -0.39 is 0 Å². The third-order valence-electron chi connectivity index (χ3n) is 2.64. The van der Waals surface area contributed by atoms with Crippen LogP contribution in [0.25, 0.3) is 10.9 Å². The molecule has 84 valence electrons. The van der Waals surface area contributed by atoms with Gasteiger partial charge in [-0.25, -0.2) is 9.97 Å². The lowest BCUT2D eigenvalue weighted by Crippen LogP contribution is -2.14. The number of aromatic nitrogens is 2. The second kappa shape index (κ2) is 3.74. The highest BCUT2D eigenvalue weighted by molar-refractivity contribution is 5.84. The van der Waals surface area contributed by atoms with Gasteiger partial charge in [0.05, 0.1) is 11.2 Å². The van der Waals surface area contributed by atoms with Crippen molar-refractivity contribution in [2.45, 2.75) is 26.2 Å². The summed E-state index contributed by atoms with van der Waals surface area (Å²) in [5, 5.41) is 4.25. The highest BCUT2D eigenvalue weighted by Gasteiger charge is 2.18. The van der Waals surface area contributed by atoms with E-state index in [2.05, 4.69) is 48.2 Å². The topological polar surface area (TPSA) is 37.8 Å². The molecule has 2 rings (SSSR count). The van der Waals surface area contributed by atoms with Crippen LogP contribution in [0.15, 0.2) is 24.5 Å². The van der Waals surface area contributed by atoms with Crippen molar-refractivity contribution in [1.82, 2.24) is 9.97 Å². The molecule has 1 aromatic heterocycles. The largest absolute Gasteiger partial charge is 0.388 e. The Labute approximate surface area is 95.9 Å². The summed E-state index contributed by atoms with van der Waals surface area (Å²) in [6, 6.07) is 6.19. The van der Waals surface area contributed by atoms with Crippen LogP contribution in [0.3, 0.4) is 0 Å². The van der Waals surface area contributed by atoms with Crippen LogP contribution in [-0.2, 0) is 5.41 Å². The lowest BCUT2D eigenvalue weighted by atomic mass is 9.89. The average molecular weight is 215 g/mol. The van der Waals surface area contributed by atoms with E-state index in [-0.39, 0.29) is 5.41 Å². The summed E-state index contributed by atoms with van der Waals surface area (Å²) >= 11 is 0. The van der Waals surface area contributed by atoms with E-state index in [0.717, 1.165) is 22.3 Å². The Morgan fingerprint density at radius 3 is 2.50 bits per heavy atom. The quantitative estimate of drug-likeness (QED) is 0.794. The molecule has 0 radical (unpaired) electrons. The second-order valence-corrected chi connectivity index (χ2v) is 4.95. The fraction of sp³-hybridized carbons (Fsp3) is 0.385. The molecule has 0 aliphatic rings. The van der Waals surface area contributed by atoms with E-state index in [1.165, 1.54) is 0 Å². The molecule has 0 aliphatic heterocycles. The maximum Gasteiger partial charge on any atom is 0.116 e. The van der Waals surface area contributed by atoms with Crippen LogP contribution >= 0.6 is 0 Å². The standard InChI is InChI=1S/C13H17N3/c1-13(2,3)12-10-6-5-9(14-4)7-11(10)15-8-16-12/h5-8,14H,1-4H3. The highest BCUT2D eigenvalue weighted by Crippen LogP contribution is 2.28. The predicted octanol–water partition coefficient (Wildman–Crippen LogP) is 2.97. The number of rotatable bonds is 1. The number of hydrogen-bond acceptors (Lipinski definition) is 3. The second-order valence-electron chi connectivity index (χ2n) is 4.95. The van der Waals surface area contributed by atoms with Crippen molar-refractivity contribution >= 4 is 16.6 Å². The fourth-order valence-corrected chi connectivity index (χ4v) is 1.81. The van der Waals surface area contributed by atoms with Crippen LogP contribution in [0.2, 0.25) is 0 Å². The van der Waals surface area contributed by atoms with E-state index >= 15 is 0 Å². The molecule has 0 saturated carbocycles. The van der Waals surface area contributed by atoms with Gasteiger partial charge in [-0.2, -0.15) is 0 Å². The van der Waals surface area contributed by atoms with E-state index in [1.54, 1.807) is 6.33 Å². The van der Waals surface area contributed by atoms with E-state index in [1.807, 2.05) is 13.1 Å². The van der Waals surface area contributed by atoms with Gasteiger partial charge in [-0.3, -0.25) is 0 Å². The molecular weight excluding hydrogens is 198 g/mol. The highest BCUT2D eigenvalue weighted by atomic mass is 14.9.